The molecule has 0 unspecified atom stereocenters. The zero-order chi connectivity index (χ0) is 8.97. The number of anilines is 1. The second-order valence-electron chi connectivity index (χ2n) is 2.31. The van der Waals surface area contributed by atoms with Gasteiger partial charge in [0.1, 0.15) is 0 Å². The number of aromatic nitrogens is 1. The highest BCUT2D eigenvalue weighted by molar-refractivity contribution is 8.13. The fraction of sp³-hybridized carbons (Fsp3) is 0.250. The van der Waals surface area contributed by atoms with Crippen molar-refractivity contribution in [1.82, 2.24) is 4.98 Å². The predicted molar refractivity (Wildman–Crippen MR) is 51.5 cm³/mol. The van der Waals surface area contributed by atoms with Crippen LogP contribution >= 0.6 is 11.8 Å². The van der Waals surface area contributed by atoms with Crippen LogP contribution in [0, 0.1) is 6.92 Å². The first-order chi connectivity index (χ1) is 5.74. The minimum Gasteiger partial charge on any atom is -0.317 e. The summed E-state index contributed by atoms with van der Waals surface area (Å²) in [6, 6.07) is 1.78. The van der Waals surface area contributed by atoms with Crippen molar-refractivity contribution in [3.8, 4) is 0 Å². The number of carbonyl (C=O) groups is 1. The molecule has 1 aromatic heterocycles. The van der Waals surface area contributed by atoms with Gasteiger partial charge in [-0.2, -0.15) is 0 Å². The molecule has 1 heterocycles. The van der Waals surface area contributed by atoms with Crippen molar-refractivity contribution in [3.63, 3.8) is 0 Å². The first-order valence-corrected chi connectivity index (χ1v) is 4.72. The Morgan fingerprint density at radius 2 is 2.42 bits per heavy atom. The third-order valence-electron chi connectivity index (χ3n) is 1.44. The second-order valence-corrected chi connectivity index (χ2v) is 3.09. The molecule has 1 aromatic rings. The van der Waals surface area contributed by atoms with Crippen LogP contribution in [-0.2, 0) is 0 Å². The quantitative estimate of drug-likeness (QED) is 0.724. The van der Waals surface area contributed by atoms with Gasteiger partial charge in [-0.05, 0) is 24.8 Å². The smallest absolute Gasteiger partial charge is 0.283 e. The SMILES string of the molecule is CSC(=O)Nc1ccncc1C. The fourth-order valence-electron chi connectivity index (χ4n) is 0.775. The number of amides is 1. The van der Waals surface area contributed by atoms with E-state index in [9.17, 15) is 4.79 Å². The van der Waals surface area contributed by atoms with Crippen LogP contribution in [0.15, 0.2) is 18.5 Å². The van der Waals surface area contributed by atoms with Gasteiger partial charge in [-0.15, -0.1) is 0 Å². The molecule has 0 aliphatic rings. The lowest BCUT2D eigenvalue weighted by molar-refractivity contribution is 0.270. The number of aryl methyl sites for hydroxylation is 1. The van der Waals surface area contributed by atoms with Gasteiger partial charge < -0.3 is 5.32 Å². The Kier molecular flexibility index (Phi) is 3.10. The average molecular weight is 182 g/mol. The molecule has 0 bridgehead atoms. The molecule has 0 aliphatic carbocycles. The Labute approximate surface area is 75.6 Å². The Hall–Kier alpha value is -1.03. The van der Waals surface area contributed by atoms with E-state index in [1.165, 1.54) is 0 Å². The van der Waals surface area contributed by atoms with E-state index < -0.39 is 0 Å². The molecular formula is C8H10N2OS. The average Bonchev–Trinajstić information content (AvgIpc) is 2.09. The van der Waals surface area contributed by atoms with Crippen molar-refractivity contribution in [1.29, 1.82) is 0 Å². The number of hydrogen-bond donors (Lipinski definition) is 1. The van der Waals surface area contributed by atoms with Crippen LogP contribution in [0.4, 0.5) is 10.5 Å². The predicted octanol–water partition coefficient (Wildman–Crippen LogP) is 2.28. The second kappa shape index (κ2) is 4.11. The lowest BCUT2D eigenvalue weighted by Gasteiger charge is -2.04. The van der Waals surface area contributed by atoms with Gasteiger partial charge in [-0.3, -0.25) is 9.78 Å². The summed E-state index contributed by atoms with van der Waals surface area (Å²) in [4.78, 5) is 14.9. The number of nitrogens with zero attached hydrogens (tertiary/aromatic N) is 1. The van der Waals surface area contributed by atoms with Crippen molar-refractivity contribution in [2.24, 2.45) is 0 Å². The van der Waals surface area contributed by atoms with Crippen LogP contribution < -0.4 is 5.32 Å². The van der Waals surface area contributed by atoms with Crippen LogP contribution in [0.3, 0.4) is 0 Å². The molecule has 0 radical (unpaired) electrons. The van der Waals surface area contributed by atoms with E-state index >= 15 is 0 Å². The van der Waals surface area contributed by atoms with E-state index in [-0.39, 0.29) is 5.24 Å². The Morgan fingerprint density at radius 3 is 3.00 bits per heavy atom. The highest BCUT2D eigenvalue weighted by Crippen LogP contribution is 2.13. The molecule has 64 valence electrons. The highest BCUT2D eigenvalue weighted by atomic mass is 32.2. The minimum absolute atomic E-state index is 0.0516. The van der Waals surface area contributed by atoms with E-state index in [4.69, 9.17) is 0 Å². The standard InChI is InChI=1S/C8H10N2OS/c1-6-5-9-4-3-7(6)10-8(11)12-2/h3-5H,1-2H3,(H,9,10,11). The number of carbonyl (C=O) groups excluding carboxylic acids is 1. The molecular weight excluding hydrogens is 172 g/mol. The summed E-state index contributed by atoms with van der Waals surface area (Å²) in [6.07, 6.45) is 5.12. The van der Waals surface area contributed by atoms with Gasteiger partial charge in [0.2, 0.25) is 0 Å². The molecule has 1 N–H and O–H groups in total. The lowest BCUT2D eigenvalue weighted by atomic mass is 10.3. The molecule has 0 atom stereocenters. The van der Waals surface area contributed by atoms with Gasteiger partial charge in [-0.25, -0.2) is 0 Å². The third kappa shape index (κ3) is 2.23. The maximum Gasteiger partial charge on any atom is 0.283 e. The van der Waals surface area contributed by atoms with Crippen LogP contribution in [0.1, 0.15) is 5.56 Å². The molecule has 3 nitrogen and oxygen atoms in total. The molecule has 1 rings (SSSR count). The minimum atomic E-state index is -0.0516. The number of hydrogen-bond acceptors (Lipinski definition) is 3. The normalized spacial score (nSPS) is 9.50. The molecule has 0 aliphatic heterocycles. The molecule has 0 fully saturated rings. The molecule has 0 saturated heterocycles. The van der Waals surface area contributed by atoms with E-state index in [1.54, 1.807) is 24.7 Å². The first kappa shape index (κ1) is 9.06. The Balaban J connectivity index is 2.75. The molecule has 4 heteroatoms. The summed E-state index contributed by atoms with van der Waals surface area (Å²) in [6.45, 7) is 1.91. The van der Waals surface area contributed by atoms with Crippen molar-refractivity contribution in [2.45, 2.75) is 6.92 Å². The van der Waals surface area contributed by atoms with Gasteiger partial charge in [0.25, 0.3) is 5.24 Å². The zero-order valence-corrected chi connectivity index (χ0v) is 7.81. The van der Waals surface area contributed by atoms with Gasteiger partial charge in [0.15, 0.2) is 0 Å². The van der Waals surface area contributed by atoms with E-state index in [2.05, 4.69) is 10.3 Å². The van der Waals surface area contributed by atoms with Crippen molar-refractivity contribution >= 4 is 22.7 Å². The Morgan fingerprint density at radius 1 is 1.67 bits per heavy atom. The van der Waals surface area contributed by atoms with Crippen molar-refractivity contribution in [3.05, 3.63) is 24.0 Å². The van der Waals surface area contributed by atoms with Crippen LogP contribution in [0.5, 0.6) is 0 Å². The monoisotopic (exact) mass is 182 g/mol. The molecule has 12 heavy (non-hydrogen) atoms. The topological polar surface area (TPSA) is 42.0 Å². The summed E-state index contributed by atoms with van der Waals surface area (Å²) in [7, 11) is 0. The lowest BCUT2D eigenvalue weighted by Crippen LogP contribution is -2.05. The maximum absolute atomic E-state index is 11.0. The summed E-state index contributed by atoms with van der Waals surface area (Å²) in [5.74, 6) is 0. The molecule has 0 spiro atoms. The van der Waals surface area contributed by atoms with Gasteiger partial charge in [0, 0.05) is 18.1 Å². The first-order valence-electron chi connectivity index (χ1n) is 3.49. The van der Waals surface area contributed by atoms with Crippen molar-refractivity contribution < 1.29 is 4.79 Å². The summed E-state index contributed by atoms with van der Waals surface area (Å²) < 4.78 is 0. The number of thioether (sulfide) groups is 1. The van der Waals surface area contributed by atoms with E-state index in [1.807, 2.05) is 6.92 Å². The number of pyridine rings is 1. The summed E-state index contributed by atoms with van der Waals surface area (Å²) in [5, 5.41) is 2.69. The van der Waals surface area contributed by atoms with Gasteiger partial charge in [0.05, 0.1) is 0 Å². The van der Waals surface area contributed by atoms with Gasteiger partial charge in [-0.1, -0.05) is 11.8 Å². The van der Waals surface area contributed by atoms with Crippen molar-refractivity contribution in [2.75, 3.05) is 11.6 Å². The molecule has 0 aromatic carbocycles. The molecule has 1 amide bonds. The van der Waals surface area contributed by atoms with Gasteiger partial charge >= 0.3 is 0 Å². The maximum atomic E-state index is 11.0. The summed E-state index contributed by atoms with van der Waals surface area (Å²) in [5.41, 5.74) is 1.80. The van der Waals surface area contributed by atoms with Crippen LogP contribution in [0.25, 0.3) is 0 Å². The van der Waals surface area contributed by atoms with Crippen LogP contribution in [0.2, 0.25) is 0 Å². The largest absolute Gasteiger partial charge is 0.317 e. The summed E-state index contributed by atoms with van der Waals surface area (Å²) >= 11 is 1.16. The Bertz CT molecular complexity index is 288. The van der Waals surface area contributed by atoms with E-state index in [0.29, 0.717) is 0 Å². The number of rotatable bonds is 1. The van der Waals surface area contributed by atoms with Crippen LogP contribution in [-0.4, -0.2) is 16.5 Å². The highest BCUT2D eigenvalue weighted by Gasteiger charge is 2.00. The zero-order valence-electron chi connectivity index (χ0n) is 7.00. The fourth-order valence-corrected chi connectivity index (χ4v) is 0.987. The number of nitrogens with one attached hydrogen (secondary N) is 1. The van der Waals surface area contributed by atoms with E-state index in [0.717, 1.165) is 23.0 Å². The third-order valence-corrected chi connectivity index (χ3v) is 1.92. The molecule has 0 saturated carbocycles.